The third-order valence-corrected chi connectivity index (χ3v) is 6.77. The van der Waals surface area contributed by atoms with Gasteiger partial charge in [0.25, 0.3) is 0 Å². The van der Waals surface area contributed by atoms with Crippen LogP contribution in [0, 0.1) is 5.82 Å². The number of hydrogen-bond acceptors (Lipinski definition) is 5. The van der Waals surface area contributed by atoms with E-state index in [2.05, 4.69) is 5.32 Å². The van der Waals surface area contributed by atoms with Crippen molar-refractivity contribution in [3.05, 3.63) is 35.7 Å². The molecule has 0 aliphatic carbocycles. The molecule has 3 aliphatic rings. The van der Waals surface area contributed by atoms with Crippen molar-refractivity contribution < 1.29 is 23.5 Å². The van der Waals surface area contributed by atoms with Gasteiger partial charge in [0.05, 0.1) is 18.8 Å². The fourth-order valence-electron chi connectivity index (χ4n) is 4.07. The van der Waals surface area contributed by atoms with Gasteiger partial charge < -0.3 is 19.9 Å². The molecule has 3 heterocycles. The Morgan fingerprint density at radius 1 is 1.22 bits per heavy atom. The van der Waals surface area contributed by atoms with E-state index in [0.29, 0.717) is 30.8 Å². The summed E-state index contributed by atoms with van der Waals surface area (Å²) in [5.41, 5.74) is 1.76. The molecule has 0 unspecified atom stereocenters. The van der Waals surface area contributed by atoms with Crippen molar-refractivity contribution in [1.82, 2.24) is 15.1 Å². The molecule has 1 aromatic rings. The van der Waals surface area contributed by atoms with Crippen molar-refractivity contribution in [1.29, 1.82) is 0 Å². The van der Waals surface area contributed by atoms with E-state index in [1.54, 1.807) is 17.0 Å². The lowest BCUT2D eigenvalue weighted by molar-refractivity contribution is -0.119. The van der Waals surface area contributed by atoms with Gasteiger partial charge in [0.15, 0.2) is 0 Å². The number of nitrogens with one attached hydrogen (secondary N) is 1. The molecule has 1 N–H and O–H groups in total. The number of nitrogens with zero attached hydrogens (tertiary/aromatic N) is 3. The first kappa shape index (κ1) is 22.4. The summed E-state index contributed by atoms with van der Waals surface area (Å²) in [6.07, 6.45) is 1.45. The summed E-state index contributed by atoms with van der Waals surface area (Å²) in [4.78, 5) is 41.0. The standard InChI is InChI=1S/C22H27FN4O4S/c1-15(28)24-13-18-14-27(22(30)31-18)17-2-3-19(20(23)12-17)16-4-6-25(7-5-16)21(29)26-8-10-32-11-9-26/h2-4,12,18H,5-11,13-14H2,1H3,(H,24,28)/t18-/m0/s1. The average Bonchev–Trinajstić information content (AvgIpc) is 3.18. The van der Waals surface area contributed by atoms with E-state index >= 15 is 0 Å². The lowest BCUT2D eigenvalue weighted by Gasteiger charge is -2.34. The quantitative estimate of drug-likeness (QED) is 0.744. The number of thioether (sulfide) groups is 1. The van der Waals surface area contributed by atoms with Crippen LogP contribution in [0.1, 0.15) is 18.9 Å². The number of carbonyl (C=O) groups is 3. The van der Waals surface area contributed by atoms with Crippen LogP contribution in [0.3, 0.4) is 0 Å². The number of urea groups is 1. The molecule has 0 saturated carbocycles. The summed E-state index contributed by atoms with van der Waals surface area (Å²) in [7, 11) is 0. The number of benzene rings is 1. The molecule has 0 spiro atoms. The van der Waals surface area contributed by atoms with E-state index in [1.165, 1.54) is 17.9 Å². The van der Waals surface area contributed by atoms with Crippen LogP contribution in [-0.2, 0) is 9.53 Å². The molecule has 10 heteroatoms. The lowest BCUT2D eigenvalue weighted by atomic mass is 9.98. The average molecular weight is 463 g/mol. The van der Waals surface area contributed by atoms with E-state index < -0.39 is 18.0 Å². The minimum atomic E-state index is -0.561. The fourth-order valence-corrected chi connectivity index (χ4v) is 4.97. The van der Waals surface area contributed by atoms with Gasteiger partial charge in [-0.3, -0.25) is 9.69 Å². The van der Waals surface area contributed by atoms with Crippen LogP contribution in [-0.4, -0.2) is 84.7 Å². The van der Waals surface area contributed by atoms with E-state index in [4.69, 9.17) is 4.74 Å². The van der Waals surface area contributed by atoms with Gasteiger partial charge in [0.1, 0.15) is 11.9 Å². The highest BCUT2D eigenvalue weighted by Gasteiger charge is 2.33. The Kier molecular flexibility index (Phi) is 6.88. The van der Waals surface area contributed by atoms with Crippen molar-refractivity contribution >= 4 is 41.1 Å². The number of carbonyl (C=O) groups excluding carboxylic acids is 3. The highest BCUT2D eigenvalue weighted by molar-refractivity contribution is 7.99. The molecule has 172 valence electrons. The minimum absolute atomic E-state index is 0.0535. The van der Waals surface area contributed by atoms with Crippen LogP contribution < -0.4 is 10.2 Å². The molecule has 4 amide bonds. The molecule has 4 rings (SSSR count). The molecule has 2 saturated heterocycles. The van der Waals surface area contributed by atoms with Crippen molar-refractivity contribution in [2.45, 2.75) is 19.4 Å². The van der Waals surface area contributed by atoms with Gasteiger partial charge >= 0.3 is 12.1 Å². The Labute approximate surface area is 190 Å². The van der Waals surface area contributed by atoms with Gasteiger partial charge in [0.2, 0.25) is 5.91 Å². The Bertz CT molecular complexity index is 935. The van der Waals surface area contributed by atoms with E-state index in [9.17, 15) is 18.8 Å². The van der Waals surface area contributed by atoms with Gasteiger partial charge in [-0.15, -0.1) is 0 Å². The first-order chi connectivity index (χ1) is 15.4. The summed E-state index contributed by atoms with van der Waals surface area (Å²) < 4.78 is 20.2. The number of ether oxygens (including phenoxy) is 1. The maximum atomic E-state index is 14.9. The van der Waals surface area contributed by atoms with E-state index in [-0.39, 0.29) is 25.0 Å². The lowest BCUT2D eigenvalue weighted by Crippen LogP contribution is -2.47. The zero-order chi connectivity index (χ0) is 22.7. The molecule has 0 bridgehead atoms. The topological polar surface area (TPSA) is 82.2 Å². The molecule has 0 aromatic heterocycles. The van der Waals surface area contributed by atoms with Crippen LogP contribution in [0.15, 0.2) is 24.3 Å². The highest BCUT2D eigenvalue weighted by Crippen LogP contribution is 2.30. The summed E-state index contributed by atoms with van der Waals surface area (Å²) >= 11 is 1.86. The molecule has 2 fully saturated rings. The summed E-state index contributed by atoms with van der Waals surface area (Å²) in [6.45, 7) is 4.42. The van der Waals surface area contributed by atoms with Crippen molar-refractivity contribution in [3.8, 4) is 0 Å². The molecular weight excluding hydrogens is 435 g/mol. The zero-order valence-electron chi connectivity index (χ0n) is 18.0. The van der Waals surface area contributed by atoms with E-state index in [0.717, 1.165) is 30.2 Å². The maximum absolute atomic E-state index is 14.9. The van der Waals surface area contributed by atoms with Crippen molar-refractivity contribution in [2.75, 3.05) is 55.7 Å². The Morgan fingerprint density at radius 3 is 2.66 bits per heavy atom. The number of hydrogen-bond donors (Lipinski definition) is 1. The molecule has 32 heavy (non-hydrogen) atoms. The number of rotatable bonds is 4. The highest BCUT2D eigenvalue weighted by atomic mass is 32.2. The van der Waals surface area contributed by atoms with Crippen LogP contribution in [0.2, 0.25) is 0 Å². The third-order valence-electron chi connectivity index (χ3n) is 5.82. The number of amides is 4. The third kappa shape index (κ3) is 5.01. The summed E-state index contributed by atoms with van der Waals surface area (Å²) in [6, 6.07) is 4.76. The minimum Gasteiger partial charge on any atom is -0.442 e. The van der Waals surface area contributed by atoms with Crippen LogP contribution in [0.5, 0.6) is 0 Å². The summed E-state index contributed by atoms with van der Waals surface area (Å²) in [5.74, 6) is 1.32. The molecule has 1 atom stereocenters. The summed E-state index contributed by atoms with van der Waals surface area (Å²) in [5, 5.41) is 2.62. The monoisotopic (exact) mass is 462 g/mol. The van der Waals surface area contributed by atoms with Gasteiger partial charge in [-0.25, -0.2) is 14.0 Å². The van der Waals surface area contributed by atoms with E-state index in [1.807, 2.05) is 22.7 Å². The van der Waals surface area contributed by atoms with Crippen LogP contribution >= 0.6 is 11.8 Å². The number of anilines is 1. The van der Waals surface area contributed by atoms with Crippen LogP contribution in [0.4, 0.5) is 19.7 Å². The Hall–Kier alpha value is -2.75. The second kappa shape index (κ2) is 9.81. The van der Waals surface area contributed by atoms with Gasteiger partial charge in [-0.2, -0.15) is 11.8 Å². The molecular formula is C22H27FN4O4S. The fraction of sp³-hybridized carbons (Fsp3) is 0.500. The Balaban J connectivity index is 1.39. The maximum Gasteiger partial charge on any atom is 0.414 e. The molecule has 8 nitrogen and oxygen atoms in total. The van der Waals surface area contributed by atoms with Crippen molar-refractivity contribution in [3.63, 3.8) is 0 Å². The van der Waals surface area contributed by atoms with Gasteiger partial charge in [0, 0.05) is 50.2 Å². The largest absolute Gasteiger partial charge is 0.442 e. The van der Waals surface area contributed by atoms with Crippen LogP contribution in [0.25, 0.3) is 5.57 Å². The predicted octanol–water partition coefficient (Wildman–Crippen LogP) is 2.54. The van der Waals surface area contributed by atoms with Gasteiger partial charge in [-0.1, -0.05) is 6.08 Å². The SMILES string of the molecule is CC(=O)NC[C@H]1CN(c2ccc(C3=CCN(C(=O)N4CCSCC4)CC3)c(F)c2)C(=O)O1. The first-order valence-electron chi connectivity index (χ1n) is 10.8. The van der Waals surface area contributed by atoms with Gasteiger partial charge in [-0.05, 0) is 30.2 Å². The normalized spacial score (nSPS) is 21.3. The molecule has 3 aliphatic heterocycles. The number of cyclic esters (lactones) is 1. The first-order valence-corrected chi connectivity index (χ1v) is 11.9. The second-order valence-corrected chi connectivity index (χ2v) is 9.25. The zero-order valence-corrected chi connectivity index (χ0v) is 18.8. The molecule has 0 radical (unpaired) electrons. The Morgan fingerprint density at radius 2 is 2.00 bits per heavy atom. The number of halogens is 1. The molecule has 1 aromatic carbocycles. The van der Waals surface area contributed by atoms with Crippen molar-refractivity contribution in [2.24, 2.45) is 0 Å². The second-order valence-electron chi connectivity index (χ2n) is 8.02. The smallest absolute Gasteiger partial charge is 0.414 e. The predicted molar refractivity (Wildman–Crippen MR) is 121 cm³/mol.